The van der Waals surface area contributed by atoms with Crippen LogP contribution in [0.5, 0.6) is 0 Å². The Balaban J connectivity index is 1.78. The molecule has 3 saturated heterocycles. The first-order valence-electron chi connectivity index (χ1n) is 7.93. The number of nitro benzene ring substituents is 1. The van der Waals surface area contributed by atoms with Crippen LogP contribution in [-0.2, 0) is 4.79 Å². The van der Waals surface area contributed by atoms with Gasteiger partial charge in [-0.25, -0.2) is 5.01 Å². The number of hydrogen-bond acceptors (Lipinski definition) is 5. The minimum Gasteiger partial charge on any atom is -0.293 e. The van der Waals surface area contributed by atoms with Crippen LogP contribution in [-0.4, -0.2) is 45.6 Å². The van der Waals surface area contributed by atoms with Gasteiger partial charge in [0, 0.05) is 25.0 Å². The van der Waals surface area contributed by atoms with E-state index in [0.717, 1.165) is 37.2 Å². The van der Waals surface area contributed by atoms with E-state index < -0.39 is 4.92 Å². The van der Waals surface area contributed by atoms with Crippen LogP contribution in [0.4, 0.5) is 5.69 Å². The van der Waals surface area contributed by atoms with E-state index >= 15 is 0 Å². The van der Waals surface area contributed by atoms with Crippen LogP contribution in [0.1, 0.15) is 31.4 Å². The second kappa shape index (κ2) is 5.13. The zero-order valence-corrected chi connectivity index (χ0v) is 12.9. The molecule has 0 aromatic heterocycles. The fourth-order valence-electron chi connectivity index (χ4n) is 4.14. The largest absolute Gasteiger partial charge is 0.293 e. The Bertz CT molecular complexity index is 709. The molecule has 0 N–H and O–H groups in total. The number of nitrogens with zero attached hydrogens (tertiary/aromatic N) is 4. The van der Waals surface area contributed by atoms with E-state index in [2.05, 4.69) is 10.0 Å². The summed E-state index contributed by atoms with van der Waals surface area (Å²) in [7, 11) is 0. The highest BCUT2D eigenvalue weighted by atomic mass is 16.6. The molecule has 3 fully saturated rings. The van der Waals surface area contributed by atoms with Gasteiger partial charge < -0.3 is 0 Å². The van der Waals surface area contributed by atoms with Gasteiger partial charge in [0.05, 0.1) is 16.7 Å². The SMILES string of the molecule is CC(=O)N1N=C2C3CCN(CC3)[C@H]2[C@@H]1c1cccc([N+](=O)[O-])c1. The highest BCUT2D eigenvalue weighted by Crippen LogP contribution is 2.43. The molecule has 7 nitrogen and oxygen atoms in total. The summed E-state index contributed by atoms with van der Waals surface area (Å²) in [6.45, 7) is 3.51. The summed E-state index contributed by atoms with van der Waals surface area (Å²) in [5, 5.41) is 17.2. The molecule has 1 amide bonds. The fourth-order valence-corrected chi connectivity index (χ4v) is 4.14. The lowest BCUT2D eigenvalue weighted by molar-refractivity contribution is -0.385. The van der Waals surface area contributed by atoms with Crippen LogP contribution in [0.3, 0.4) is 0 Å². The van der Waals surface area contributed by atoms with Crippen LogP contribution in [0.25, 0.3) is 0 Å². The van der Waals surface area contributed by atoms with Crippen molar-refractivity contribution >= 4 is 17.3 Å². The van der Waals surface area contributed by atoms with Crippen molar-refractivity contribution in [3.8, 4) is 0 Å². The first kappa shape index (κ1) is 14.3. The van der Waals surface area contributed by atoms with E-state index in [0.29, 0.717) is 5.92 Å². The molecule has 5 rings (SSSR count). The lowest BCUT2D eigenvalue weighted by Crippen LogP contribution is -2.56. The van der Waals surface area contributed by atoms with Crippen molar-refractivity contribution in [3.63, 3.8) is 0 Å². The van der Waals surface area contributed by atoms with Crippen molar-refractivity contribution < 1.29 is 9.72 Å². The highest BCUT2D eigenvalue weighted by molar-refractivity contribution is 5.97. The average molecular weight is 314 g/mol. The van der Waals surface area contributed by atoms with Crippen molar-refractivity contribution in [2.24, 2.45) is 11.0 Å². The molecule has 0 radical (unpaired) electrons. The highest BCUT2D eigenvalue weighted by Gasteiger charge is 2.50. The predicted octanol–water partition coefficient (Wildman–Crippen LogP) is 1.95. The average Bonchev–Trinajstić information content (AvgIpc) is 2.99. The Morgan fingerprint density at radius 2 is 2.04 bits per heavy atom. The zero-order chi connectivity index (χ0) is 16.1. The van der Waals surface area contributed by atoms with Gasteiger partial charge in [-0.3, -0.25) is 19.8 Å². The van der Waals surface area contributed by atoms with Gasteiger partial charge >= 0.3 is 0 Å². The number of hydrogen-bond donors (Lipinski definition) is 0. The molecule has 0 unspecified atom stereocenters. The monoisotopic (exact) mass is 314 g/mol. The molecule has 4 heterocycles. The molecule has 1 aromatic rings. The van der Waals surface area contributed by atoms with E-state index in [1.54, 1.807) is 12.1 Å². The molecule has 2 atom stereocenters. The Morgan fingerprint density at radius 1 is 1.30 bits per heavy atom. The van der Waals surface area contributed by atoms with Crippen molar-refractivity contribution in [3.05, 3.63) is 39.9 Å². The van der Waals surface area contributed by atoms with Crippen LogP contribution < -0.4 is 0 Å². The number of carbonyl (C=O) groups excluding carboxylic acids is 1. The number of non-ortho nitro benzene ring substituents is 1. The lowest BCUT2D eigenvalue weighted by atomic mass is 9.78. The van der Waals surface area contributed by atoms with E-state index in [1.807, 2.05) is 6.07 Å². The first-order valence-corrected chi connectivity index (χ1v) is 7.93. The van der Waals surface area contributed by atoms with Gasteiger partial charge in [-0.15, -0.1) is 0 Å². The number of amides is 1. The van der Waals surface area contributed by atoms with Crippen LogP contribution in [0.2, 0.25) is 0 Å². The second-order valence-corrected chi connectivity index (χ2v) is 6.44. The molecule has 23 heavy (non-hydrogen) atoms. The predicted molar refractivity (Wildman–Crippen MR) is 83.9 cm³/mol. The van der Waals surface area contributed by atoms with E-state index in [4.69, 9.17) is 0 Å². The molecule has 2 bridgehead atoms. The van der Waals surface area contributed by atoms with Gasteiger partial charge in [-0.05, 0) is 31.5 Å². The van der Waals surface area contributed by atoms with Gasteiger partial charge in [-0.2, -0.15) is 5.10 Å². The third kappa shape index (κ3) is 2.15. The number of carbonyl (C=O) groups is 1. The maximum Gasteiger partial charge on any atom is 0.269 e. The molecule has 120 valence electrons. The number of benzene rings is 1. The van der Waals surface area contributed by atoms with Crippen LogP contribution in [0.15, 0.2) is 29.4 Å². The van der Waals surface area contributed by atoms with Gasteiger partial charge in [0.2, 0.25) is 5.91 Å². The number of piperidine rings is 3. The van der Waals surface area contributed by atoms with Gasteiger partial charge in [0.1, 0.15) is 6.04 Å². The fraction of sp³-hybridized carbons (Fsp3) is 0.500. The summed E-state index contributed by atoms with van der Waals surface area (Å²) in [5.41, 5.74) is 1.91. The van der Waals surface area contributed by atoms with Crippen LogP contribution in [0, 0.1) is 16.0 Å². The third-order valence-corrected chi connectivity index (χ3v) is 5.18. The molecule has 0 spiro atoms. The van der Waals surface area contributed by atoms with E-state index in [9.17, 15) is 14.9 Å². The Kier molecular flexibility index (Phi) is 3.19. The number of nitro groups is 1. The summed E-state index contributed by atoms with van der Waals surface area (Å²) in [4.78, 5) is 25.1. The Hall–Kier alpha value is -2.28. The molecule has 4 aliphatic rings. The molecular weight excluding hydrogens is 296 g/mol. The topological polar surface area (TPSA) is 79.0 Å². The molecule has 0 aliphatic carbocycles. The third-order valence-electron chi connectivity index (χ3n) is 5.18. The minimum atomic E-state index is -0.397. The number of hydrazone groups is 1. The molecule has 0 saturated carbocycles. The van der Waals surface area contributed by atoms with Crippen molar-refractivity contribution in [2.45, 2.75) is 31.8 Å². The van der Waals surface area contributed by atoms with Gasteiger partial charge in [-0.1, -0.05) is 12.1 Å². The smallest absolute Gasteiger partial charge is 0.269 e. The van der Waals surface area contributed by atoms with Gasteiger partial charge in [0.15, 0.2) is 0 Å². The van der Waals surface area contributed by atoms with Crippen molar-refractivity contribution in [1.29, 1.82) is 0 Å². The summed E-state index contributed by atoms with van der Waals surface area (Å²) in [5.74, 6) is 0.319. The normalized spacial score (nSPS) is 31.7. The summed E-state index contributed by atoms with van der Waals surface area (Å²) < 4.78 is 0. The quantitative estimate of drug-likeness (QED) is 0.617. The van der Waals surface area contributed by atoms with Gasteiger partial charge in [0.25, 0.3) is 5.69 Å². The molecule has 1 aromatic carbocycles. The van der Waals surface area contributed by atoms with Crippen molar-refractivity contribution in [2.75, 3.05) is 13.1 Å². The Labute approximate surface area is 133 Å². The molecular formula is C16H18N4O3. The second-order valence-electron chi connectivity index (χ2n) is 6.44. The lowest BCUT2D eigenvalue weighted by Gasteiger charge is -2.45. The molecule has 7 heteroatoms. The summed E-state index contributed by atoms with van der Waals surface area (Å²) >= 11 is 0. The van der Waals surface area contributed by atoms with E-state index in [1.165, 1.54) is 18.0 Å². The number of fused-ring (bicyclic) bond motifs is 2. The Morgan fingerprint density at radius 3 is 2.70 bits per heavy atom. The maximum atomic E-state index is 12.1. The van der Waals surface area contributed by atoms with Crippen molar-refractivity contribution in [1.82, 2.24) is 9.91 Å². The molecule has 4 aliphatic heterocycles. The summed E-state index contributed by atoms with van der Waals surface area (Å²) in [6.07, 6.45) is 2.17. The minimum absolute atomic E-state index is 0.0513. The first-order chi connectivity index (χ1) is 11.1. The number of rotatable bonds is 2. The van der Waals surface area contributed by atoms with E-state index in [-0.39, 0.29) is 23.7 Å². The zero-order valence-electron chi connectivity index (χ0n) is 12.9. The van der Waals surface area contributed by atoms with Crippen LogP contribution >= 0.6 is 0 Å². The maximum absolute atomic E-state index is 12.1. The standard InChI is InChI=1S/C16H18N4O3/c1-10(21)19-15(12-3-2-4-13(9-12)20(22)23)16-14(17-19)11-5-7-18(16)8-6-11/h2-4,9,11,15-16H,5-8H2,1H3/t15-,16+/m0/s1. The summed E-state index contributed by atoms with van der Waals surface area (Å²) in [6, 6.07) is 6.39.